The zero-order chi connectivity index (χ0) is 18.1. The second-order valence-corrected chi connectivity index (χ2v) is 7.01. The third kappa shape index (κ3) is 3.37. The van der Waals surface area contributed by atoms with Crippen LogP contribution in [0.25, 0.3) is 0 Å². The molecular weight excluding hydrogens is 328 g/mol. The fourth-order valence-electron chi connectivity index (χ4n) is 3.83. The molecule has 134 valence electrons. The lowest BCUT2D eigenvalue weighted by molar-refractivity contribution is -0.117. The van der Waals surface area contributed by atoms with Crippen LogP contribution in [-0.2, 0) is 24.2 Å². The minimum atomic E-state index is -0.120. The van der Waals surface area contributed by atoms with E-state index in [1.807, 2.05) is 6.07 Å². The third-order valence-electron chi connectivity index (χ3n) is 5.09. The van der Waals surface area contributed by atoms with Crippen LogP contribution in [0.15, 0.2) is 24.3 Å². The molecule has 2 aromatic rings. The first-order valence-electron chi connectivity index (χ1n) is 9.10. The fraction of sp³-hybridized carbons (Fsp3) is 0.400. The molecule has 2 aliphatic rings. The van der Waals surface area contributed by atoms with E-state index >= 15 is 0 Å². The van der Waals surface area contributed by atoms with Gasteiger partial charge in [-0.2, -0.15) is 0 Å². The molecule has 4 rings (SSSR count). The van der Waals surface area contributed by atoms with Crippen molar-refractivity contribution in [2.45, 2.75) is 39.2 Å². The molecular formula is C20H22N4O2. The van der Waals surface area contributed by atoms with Gasteiger partial charge in [-0.1, -0.05) is 24.3 Å². The Morgan fingerprint density at radius 3 is 2.81 bits per heavy atom. The summed E-state index contributed by atoms with van der Waals surface area (Å²) in [6.07, 6.45) is 3.08. The summed E-state index contributed by atoms with van der Waals surface area (Å²) in [6, 6.07) is 8.36. The van der Waals surface area contributed by atoms with Crippen LogP contribution in [0, 0.1) is 6.92 Å². The summed E-state index contributed by atoms with van der Waals surface area (Å²) < 4.78 is 0. The molecule has 0 spiro atoms. The number of amides is 1. The van der Waals surface area contributed by atoms with Crippen LogP contribution in [0.3, 0.4) is 0 Å². The number of Topliss-reactive ketones (excluding diaryl/α,β-unsaturated/α-hetero) is 1. The number of benzene rings is 1. The molecule has 1 amide bonds. The third-order valence-corrected chi connectivity index (χ3v) is 5.09. The van der Waals surface area contributed by atoms with Gasteiger partial charge in [-0.05, 0) is 37.3 Å². The van der Waals surface area contributed by atoms with Crippen molar-refractivity contribution in [2.75, 3.05) is 18.4 Å². The van der Waals surface area contributed by atoms with Crippen molar-refractivity contribution in [1.82, 2.24) is 14.9 Å². The quantitative estimate of drug-likeness (QED) is 0.919. The highest BCUT2D eigenvalue weighted by Gasteiger charge is 2.23. The lowest BCUT2D eigenvalue weighted by Gasteiger charge is -2.28. The van der Waals surface area contributed by atoms with Crippen LogP contribution < -0.4 is 5.32 Å². The van der Waals surface area contributed by atoms with E-state index in [0.29, 0.717) is 30.2 Å². The molecule has 1 aromatic heterocycles. The molecule has 0 saturated heterocycles. The smallest absolute Gasteiger partial charge is 0.240 e. The van der Waals surface area contributed by atoms with Crippen LogP contribution >= 0.6 is 0 Å². The average Bonchev–Trinajstić information content (AvgIpc) is 2.61. The topological polar surface area (TPSA) is 75.2 Å². The van der Waals surface area contributed by atoms with E-state index in [-0.39, 0.29) is 11.7 Å². The maximum absolute atomic E-state index is 12.4. The fourth-order valence-corrected chi connectivity index (χ4v) is 3.83. The number of carbonyl (C=O) groups is 2. The van der Waals surface area contributed by atoms with Gasteiger partial charge in [0.1, 0.15) is 0 Å². The van der Waals surface area contributed by atoms with E-state index in [0.717, 1.165) is 38.0 Å². The number of hydrogen-bond acceptors (Lipinski definition) is 5. The van der Waals surface area contributed by atoms with Gasteiger partial charge >= 0.3 is 0 Å². The molecule has 26 heavy (non-hydrogen) atoms. The highest BCUT2D eigenvalue weighted by molar-refractivity contribution is 5.99. The lowest BCUT2D eigenvalue weighted by atomic mass is 9.94. The lowest BCUT2D eigenvalue weighted by Crippen LogP contribution is -2.37. The SMILES string of the molecule is Cc1nc(NC(=O)CN2CCc3ccccc3C2)nc2c1C(=O)CCC2. The molecule has 2 heterocycles. The first-order chi connectivity index (χ1) is 12.6. The number of nitrogens with zero attached hydrogens (tertiary/aromatic N) is 3. The van der Waals surface area contributed by atoms with Crippen molar-refractivity contribution < 1.29 is 9.59 Å². The van der Waals surface area contributed by atoms with Crippen LogP contribution in [-0.4, -0.2) is 39.6 Å². The Morgan fingerprint density at radius 1 is 1.15 bits per heavy atom. The van der Waals surface area contributed by atoms with Gasteiger partial charge in [-0.3, -0.25) is 19.8 Å². The van der Waals surface area contributed by atoms with Gasteiger partial charge in [0.2, 0.25) is 11.9 Å². The first-order valence-corrected chi connectivity index (χ1v) is 9.10. The van der Waals surface area contributed by atoms with Gasteiger partial charge in [-0.15, -0.1) is 0 Å². The predicted octanol–water partition coefficient (Wildman–Crippen LogP) is 2.30. The summed E-state index contributed by atoms with van der Waals surface area (Å²) in [5.41, 5.74) is 4.70. The van der Waals surface area contributed by atoms with E-state index < -0.39 is 0 Å². The van der Waals surface area contributed by atoms with E-state index in [2.05, 4.69) is 38.4 Å². The first kappa shape index (κ1) is 16.8. The summed E-state index contributed by atoms with van der Waals surface area (Å²) in [6.45, 7) is 3.76. The monoisotopic (exact) mass is 350 g/mol. The molecule has 0 unspecified atom stereocenters. The number of nitrogens with one attached hydrogen (secondary N) is 1. The van der Waals surface area contributed by atoms with Crippen molar-refractivity contribution >= 4 is 17.6 Å². The van der Waals surface area contributed by atoms with Gasteiger partial charge in [0, 0.05) is 19.5 Å². The molecule has 0 radical (unpaired) electrons. The number of fused-ring (bicyclic) bond motifs is 2. The predicted molar refractivity (Wildman–Crippen MR) is 98.1 cm³/mol. The highest BCUT2D eigenvalue weighted by Crippen LogP contribution is 2.23. The van der Waals surface area contributed by atoms with Gasteiger partial charge in [0.15, 0.2) is 5.78 Å². The minimum absolute atomic E-state index is 0.105. The normalized spacial score (nSPS) is 16.7. The van der Waals surface area contributed by atoms with Crippen LogP contribution in [0.4, 0.5) is 5.95 Å². The van der Waals surface area contributed by atoms with Crippen molar-refractivity contribution in [3.8, 4) is 0 Å². The number of carbonyl (C=O) groups excluding carboxylic acids is 2. The Kier molecular flexibility index (Phi) is 4.51. The largest absolute Gasteiger partial charge is 0.294 e. The molecule has 0 fully saturated rings. The maximum Gasteiger partial charge on any atom is 0.240 e. The number of ketones is 1. The van der Waals surface area contributed by atoms with Crippen LogP contribution in [0.5, 0.6) is 0 Å². The zero-order valence-electron chi connectivity index (χ0n) is 14.9. The molecule has 1 aliphatic heterocycles. The van der Waals surface area contributed by atoms with E-state index in [1.54, 1.807) is 6.92 Å². The molecule has 0 atom stereocenters. The van der Waals surface area contributed by atoms with E-state index in [9.17, 15) is 9.59 Å². The van der Waals surface area contributed by atoms with Crippen LogP contribution in [0.2, 0.25) is 0 Å². The molecule has 0 saturated carbocycles. The Bertz CT molecular complexity index is 878. The highest BCUT2D eigenvalue weighted by atomic mass is 16.2. The number of hydrogen-bond donors (Lipinski definition) is 1. The molecule has 1 N–H and O–H groups in total. The molecule has 6 nitrogen and oxygen atoms in total. The Morgan fingerprint density at radius 2 is 1.96 bits per heavy atom. The van der Waals surface area contributed by atoms with Crippen molar-refractivity contribution in [2.24, 2.45) is 0 Å². The van der Waals surface area contributed by atoms with E-state index in [4.69, 9.17) is 0 Å². The number of rotatable bonds is 3. The second kappa shape index (κ2) is 6.96. The summed E-state index contributed by atoms with van der Waals surface area (Å²) in [7, 11) is 0. The van der Waals surface area contributed by atoms with Crippen LogP contribution in [0.1, 0.15) is 45.7 Å². The summed E-state index contributed by atoms with van der Waals surface area (Å²) >= 11 is 0. The Hall–Kier alpha value is -2.60. The van der Waals surface area contributed by atoms with E-state index in [1.165, 1.54) is 11.1 Å². The molecule has 6 heteroatoms. The van der Waals surface area contributed by atoms with Gasteiger partial charge in [0.25, 0.3) is 0 Å². The van der Waals surface area contributed by atoms with Gasteiger partial charge < -0.3 is 0 Å². The molecule has 1 aliphatic carbocycles. The summed E-state index contributed by atoms with van der Waals surface area (Å²) in [5, 5.41) is 2.80. The van der Waals surface area contributed by atoms with Crippen molar-refractivity contribution in [3.05, 3.63) is 52.3 Å². The zero-order valence-corrected chi connectivity index (χ0v) is 14.9. The Labute approximate surface area is 152 Å². The van der Waals surface area contributed by atoms with Crippen molar-refractivity contribution in [1.29, 1.82) is 0 Å². The van der Waals surface area contributed by atoms with Gasteiger partial charge in [-0.25, -0.2) is 9.97 Å². The molecule has 1 aromatic carbocycles. The number of anilines is 1. The summed E-state index contributed by atoms with van der Waals surface area (Å²) in [5.74, 6) is 0.290. The number of aryl methyl sites for hydroxylation is 2. The average molecular weight is 350 g/mol. The number of aromatic nitrogens is 2. The van der Waals surface area contributed by atoms with Crippen molar-refractivity contribution in [3.63, 3.8) is 0 Å². The maximum atomic E-state index is 12.4. The van der Waals surface area contributed by atoms with Gasteiger partial charge in [0.05, 0.1) is 23.5 Å². The Balaban J connectivity index is 1.43. The minimum Gasteiger partial charge on any atom is -0.294 e. The second-order valence-electron chi connectivity index (χ2n) is 7.01. The summed E-state index contributed by atoms with van der Waals surface area (Å²) in [4.78, 5) is 35.3. The molecule has 0 bridgehead atoms. The standard InChI is InChI=1S/C20H22N4O2/c1-13-19-16(7-4-8-17(19)25)22-20(21-13)23-18(26)12-24-10-9-14-5-2-3-6-15(14)11-24/h2-3,5-6H,4,7-12H2,1H3,(H,21,22,23,26).